The SMILES string of the molecule is CC(C)=CC1C(C(=O)N2CCN(CC(=O)Nc3ccc(C)cc3)CC2)C1(C)C. The smallest absolute Gasteiger partial charge is 0.238 e. The first-order chi connectivity index (χ1) is 13.2. The minimum absolute atomic E-state index is 0.00409. The highest BCUT2D eigenvalue weighted by atomic mass is 16.2. The predicted molar refractivity (Wildman–Crippen MR) is 113 cm³/mol. The summed E-state index contributed by atoms with van der Waals surface area (Å²) in [6.07, 6.45) is 2.24. The van der Waals surface area contributed by atoms with Gasteiger partial charge in [0, 0.05) is 31.9 Å². The van der Waals surface area contributed by atoms with Gasteiger partial charge in [-0.1, -0.05) is 43.2 Å². The van der Waals surface area contributed by atoms with E-state index in [4.69, 9.17) is 0 Å². The molecule has 0 aromatic heterocycles. The number of anilines is 1. The van der Waals surface area contributed by atoms with Gasteiger partial charge in [0.1, 0.15) is 0 Å². The quantitative estimate of drug-likeness (QED) is 0.794. The Balaban J connectivity index is 1.47. The van der Waals surface area contributed by atoms with E-state index in [0.29, 0.717) is 25.6 Å². The third kappa shape index (κ3) is 4.64. The van der Waals surface area contributed by atoms with Crippen molar-refractivity contribution in [3.63, 3.8) is 0 Å². The summed E-state index contributed by atoms with van der Waals surface area (Å²) in [5.74, 6) is 0.717. The third-order valence-electron chi connectivity index (χ3n) is 6.08. The monoisotopic (exact) mass is 383 g/mol. The van der Waals surface area contributed by atoms with Crippen LogP contribution in [0.2, 0.25) is 0 Å². The van der Waals surface area contributed by atoms with E-state index in [1.165, 1.54) is 11.1 Å². The summed E-state index contributed by atoms with van der Waals surface area (Å²) in [6.45, 7) is 13.8. The molecule has 0 spiro atoms. The van der Waals surface area contributed by atoms with Gasteiger partial charge in [-0.25, -0.2) is 0 Å². The summed E-state index contributed by atoms with van der Waals surface area (Å²) in [4.78, 5) is 29.4. The number of benzene rings is 1. The second kappa shape index (κ2) is 8.08. The standard InChI is InChI=1S/C23H33N3O2/c1-16(2)14-19-21(23(19,4)5)22(28)26-12-10-25(11-13-26)15-20(27)24-18-8-6-17(3)7-9-18/h6-9,14,19,21H,10-13,15H2,1-5H3,(H,24,27). The average molecular weight is 384 g/mol. The fraction of sp³-hybridized carbons (Fsp3) is 0.565. The van der Waals surface area contributed by atoms with Crippen LogP contribution in [0.1, 0.15) is 33.3 Å². The Kier molecular flexibility index (Phi) is 5.94. The molecule has 3 rings (SSSR count). The van der Waals surface area contributed by atoms with Crippen LogP contribution in [0, 0.1) is 24.2 Å². The molecule has 1 N–H and O–H groups in total. The lowest BCUT2D eigenvalue weighted by molar-refractivity contribution is -0.135. The molecule has 152 valence electrons. The van der Waals surface area contributed by atoms with Crippen LogP contribution in [0.5, 0.6) is 0 Å². The van der Waals surface area contributed by atoms with Gasteiger partial charge in [0.05, 0.1) is 12.5 Å². The maximum absolute atomic E-state index is 13.0. The van der Waals surface area contributed by atoms with Gasteiger partial charge >= 0.3 is 0 Å². The Morgan fingerprint density at radius 3 is 2.29 bits per heavy atom. The van der Waals surface area contributed by atoms with Gasteiger partial charge in [-0.05, 0) is 44.2 Å². The van der Waals surface area contributed by atoms with Crippen molar-refractivity contribution >= 4 is 17.5 Å². The number of carbonyl (C=O) groups excluding carboxylic acids is 2. The topological polar surface area (TPSA) is 52.7 Å². The number of allylic oxidation sites excluding steroid dienone is 2. The maximum atomic E-state index is 13.0. The van der Waals surface area contributed by atoms with Crippen LogP contribution in [0.25, 0.3) is 0 Å². The zero-order valence-electron chi connectivity index (χ0n) is 17.8. The molecule has 1 saturated heterocycles. The highest BCUT2D eigenvalue weighted by molar-refractivity contribution is 5.92. The molecule has 2 aliphatic rings. The largest absolute Gasteiger partial charge is 0.340 e. The molecule has 1 saturated carbocycles. The summed E-state index contributed by atoms with van der Waals surface area (Å²) in [5.41, 5.74) is 3.33. The molecule has 1 aromatic rings. The van der Waals surface area contributed by atoms with Crippen molar-refractivity contribution in [2.24, 2.45) is 17.3 Å². The van der Waals surface area contributed by atoms with Crippen LogP contribution < -0.4 is 5.32 Å². The van der Waals surface area contributed by atoms with Gasteiger partial charge in [-0.2, -0.15) is 0 Å². The molecular formula is C23H33N3O2. The highest BCUT2D eigenvalue weighted by Gasteiger charge is 2.61. The van der Waals surface area contributed by atoms with Crippen molar-refractivity contribution in [1.82, 2.24) is 9.80 Å². The number of hydrogen-bond acceptors (Lipinski definition) is 3. The molecule has 28 heavy (non-hydrogen) atoms. The molecule has 0 bridgehead atoms. The van der Waals surface area contributed by atoms with Gasteiger partial charge < -0.3 is 10.2 Å². The van der Waals surface area contributed by atoms with E-state index in [1.807, 2.05) is 36.1 Å². The zero-order valence-corrected chi connectivity index (χ0v) is 17.8. The molecule has 2 unspecified atom stereocenters. The van der Waals surface area contributed by atoms with Gasteiger partial charge in [0.2, 0.25) is 11.8 Å². The highest BCUT2D eigenvalue weighted by Crippen LogP contribution is 2.60. The Morgan fingerprint density at radius 1 is 1.11 bits per heavy atom. The summed E-state index contributed by atoms with van der Waals surface area (Å²) in [6, 6.07) is 7.82. The molecule has 2 fully saturated rings. The molecule has 1 aliphatic heterocycles. The van der Waals surface area contributed by atoms with Crippen LogP contribution in [-0.4, -0.2) is 54.3 Å². The van der Waals surface area contributed by atoms with E-state index >= 15 is 0 Å². The molecule has 2 atom stereocenters. The van der Waals surface area contributed by atoms with Crippen LogP contribution in [-0.2, 0) is 9.59 Å². The van der Waals surface area contributed by atoms with Gasteiger partial charge in [-0.3, -0.25) is 14.5 Å². The lowest BCUT2D eigenvalue weighted by atomic mass is 10.1. The first-order valence-electron chi connectivity index (χ1n) is 10.2. The van der Waals surface area contributed by atoms with Gasteiger partial charge in [0.15, 0.2) is 0 Å². The maximum Gasteiger partial charge on any atom is 0.238 e. The zero-order chi connectivity index (χ0) is 20.5. The van der Waals surface area contributed by atoms with E-state index in [0.717, 1.165) is 18.8 Å². The Bertz CT molecular complexity index is 755. The number of nitrogens with one attached hydrogen (secondary N) is 1. The minimum Gasteiger partial charge on any atom is -0.340 e. The van der Waals surface area contributed by atoms with Crippen LogP contribution in [0.15, 0.2) is 35.9 Å². The summed E-state index contributed by atoms with van der Waals surface area (Å²) < 4.78 is 0. The fourth-order valence-electron chi connectivity index (χ4n) is 4.18. The third-order valence-corrected chi connectivity index (χ3v) is 6.08. The Morgan fingerprint density at radius 2 is 1.71 bits per heavy atom. The first-order valence-corrected chi connectivity index (χ1v) is 10.2. The number of nitrogens with zero attached hydrogens (tertiary/aromatic N) is 2. The van der Waals surface area contributed by atoms with E-state index < -0.39 is 0 Å². The van der Waals surface area contributed by atoms with Crippen molar-refractivity contribution in [1.29, 1.82) is 0 Å². The van der Waals surface area contributed by atoms with Gasteiger partial charge in [0.25, 0.3) is 0 Å². The summed E-state index contributed by atoms with van der Waals surface area (Å²) in [7, 11) is 0. The van der Waals surface area contributed by atoms with E-state index in [-0.39, 0.29) is 23.1 Å². The lowest BCUT2D eigenvalue weighted by Crippen LogP contribution is -2.51. The van der Waals surface area contributed by atoms with Crippen molar-refractivity contribution < 1.29 is 9.59 Å². The van der Waals surface area contributed by atoms with Crippen LogP contribution >= 0.6 is 0 Å². The number of piperazine rings is 1. The number of amides is 2. The molecule has 1 heterocycles. The average Bonchev–Trinajstić information content (AvgIpc) is 3.16. The predicted octanol–water partition coefficient (Wildman–Crippen LogP) is 3.32. The van der Waals surface area contributed by atoms with Crippen molar-refractivity contribution in [3.05, 3.63) is 41.5 Å². The second-order valence-electron chi connectivity index (χ2n) is 9.08. The Labute approximate surface area is 168 Å². The van der Waals surface area contributed by atoms with Crippen molar-refractivity contribution in [2.75, 3.05) is 38.0 Å². The molecular weight excluding hydrogens is 350 g/mol. The molecule has 1 aromatic carbocycles. The lowest BCUT2D eigenvalue weighted by Gasteiger charge is -2.34. The van der Waals surface area contributed by atoms with Gasteiger partial charge in [-0.15, -0.1) is 0 Å². The number of carbonyl (C=O) groups is 2. The Hall–Kier alpha value is -2.14. The number of rotatable bonds is 5. The van der Waals surface area contributed by atoms with Crippen LogP contribution in [0.3, 0.4) is 0 Å². The van der Waals surface area contributed by atoms with Crippen LogP contribution in [0.4, 0.5) is 5.69 Å². The molecule has 1 aliphatic carbocycles. The molecule has 0 radical (unpaired) electrons. The molecule has 5 heteroatoms. The van der Waals surface area contributed by atoms with E-state index in [9.17, 15) is 9.59 Å². The normalized spacial score (nSPS) is 23.8. The van der Waals surface area contributed by atoms with E-state index in [2.05, 4.69) is 44.0 Å². The summed E-state index contributed by atoms with van der Waals surface area (Å²) in [5, 5.41) is 2.95. The first kappa shape index (κ1) is 20.6. The van der Waals surface area contributed by atoms with Crippen molar-refractivity contribution in [3.8, 4) is 0 Å². The second-order valence-corrected chi connectivity index (χ2v) is 9.08. The van der Waals surface area contributed by atoms with E-state index in [1.54, 1.807) is 0 Å². The molecule has 5 nitrogen and oxygen atoms in total. The molecule has 2 amide bonds. The fourth-order valence-corrected chi connectivity index (χ4v) is 4.18. The number of hydrogen-bond donors (Lipinski definition) is 1. The number of aryl methyl sites for hydroxylation is 1. The summed E-state index contributed by atoms with van der Waals surface area (Å²) >= 11 is 0. The minimum atomic E-state index is -0.00409. The van der Waals surface area contributed by atoms with Crippen molar-refractivity contribution in [2.45, 2.75) is 34.6 Å².